The van der Waals surface area contributed by atoms with E-state index in [4.69, 9.17) is 10.5 Å². The molecule has 2 atom stereocenters. The van der Waals surface area contributed by atoms with Crippen molar-refractivity contribution in [2.45, 2.75) is 26.8 Å². The smallest absolute Gasteiger partial charge is 0.234 e. The van der Waals surface area contributed by atoms with E-state index in [9.17, 15) is 4.79 Å². The van der Waals surface area contributed by atoms with Crippen molar-refractivity contribution in [2.75, 3.05) is 36.5 Å². The van der Waals surface area contributed by atoms with E-state index in [2.05, 4.69) is 24.1 Å². The maximum Gasteiger partial charge on any atom is 0.234 e. The molecule has 0 saturated carbocycles. The van der Waals surface area contributed by atoms with Gasteiger partial charge in [0.2, 0.25) is 5.91 Å². The number of carbonyl (C=O) groups is 1. The summed E-state index contributed by atoms with van der Waals surface area (Å²) < 4.78 is 5.32. The van der Waals surface area contributed by atoms with E-state index in [-0.39, 0.29) is 11.9 Å². The fraction of sp³-hybridized carbons (Fsp3) is 0.562. The summed E-state index contributed by atoms with van der Waals surface area (Å²) in [5, 5.41) is 2.94. The highest BCUT2D eigenvalue weighted by atomic mass is 16.5. The van der Waals surface area contributed by atoms with Crippen molar-refractivity contribution >= 4 is 17.3 Å². The fourth-order valence-corrected chi connectivity index (χ4v) is 2.54. The number of nitrogens with zero attached hydrogens (tertiary/aromatic N) is 1. The summed E-state index contributed by atoms with van der Waals surface area (Å²) in [7, 11) is 0. The lowest BCUT2D eigenvalue weighted by Crippen LogP contribution is -2.47. The van der Waals surface area contributed by atoms with Gasteiger partial charge in [-0.15, -0.1) is 0 Å². The molecule has 0 bridgehead atoms. The Labute approximate surface area is 126 Å². The van der Waals surface area contributed by atoms with Crippen LogP contribution >= 0.6 is 0 Å². The Morgan fingerprint density at radius 3 is 2.48 bits per heavy atom. The van der Waals surface area contributed by atoms with Crippen LogP contribution in [0.4, 0.5) is 11.4 Å². The number of benzene rings is 1. The van der Waals surface area contributed by atoms with Crippen LogP contribution in [-0.4, -0.2) is 38.3 Å². The first-order chi connectivity index (χ1) is 10.0. The SMILES string of the molecule is CCN(CC)c1ccc(NC(=O)C2(C)COCC2N)cc1. The van der Waals surface area contributed by atoms with Gasteiger partial charge in [0.05, 0.1) is 18.6 Å². The van der Waals surface area contributed by atoms with Gasteiger partial charge in [0.25, 0.3) is 0 Å². The van der Waals surface area contributed by atoms with Crippen LogP contribution in [0.2, 0.25) is 0 Å². The van der Waals surface area contributed by atoms with Crippen LogP contribution in [0.3, 0.4) is 0 Å². The molecule has 116 valence electrons. The molecular weight excluding hydrogens is 266 g/mol. The van der Waals surface area contributed by atoms with Crippen LogP contribution in [-0.2, 0) is 9.53 Å². The molecule has 1 aliphatic rings. The fourth-order valence-electron chi connectivity index (χ4n) is 2.54. The molecule has 0 spiro atoms. The zero-order valence-corrected chi connectivity index (χ0v) is 13.1. The molecule has 5 heteroatoms. The lowest BCUT2D eigenvalue weighted by molar-refractivity contribution is -0.125. The number of rotatable bonds is 5. The average Bonchev–Trinajstić information content (AvgIpc) is 2.83. The number of nitrogens with one attached hydrogen (secondary N) is 1. The van der Waals surface area contributed by atoms with E-state index in [1.54, 1.807) is 0 Å². The highest BCUT2D eigenvalue weighted by Gasteiger charge is 2.44. The molecule has 2 unspecified atom stereocenters. The number of hydrogen-bond donors (Lipinski definition) is 2. The Kier molecular flexibility index (Phi) is 4.85. The van der Waals surface area contributed by atoms with Gasteiger partial charge in [-0.25, -0.2) is 0 Å². The van der Waals surface area contributed by atoms with Gasteiger partial charge < -0.3 is 20.7 Å². The summed E-state index contributed by atoms with van der Waals surface area (Å²) in [6.45, 7) is 8.84. The van der Waals surface area contributed by atoms with Crippen LogP contribution in [0.25, 0.3) is 0 Å². The molecule has 1 aromatic carbocycles. The van der Waals surface area contributed by atoms with Crippen LogP contribution in [0.15, 0.2) is 24.3 Å². The normalized spacial score (nSPS) is 24.9. The van der Waals surface area contributed by atoms with Gasteiger partial charge >= 0.3 is 0 Å². The van der Waals surface area contributed by atoms with E-state index in [1.807, 2.05) is 31.2 Å². The first-order valence-electron chi connectivity index (χ1n) is 7.51. The second-order valence-electron chi connectivity index (χ2n) is 5.71. The van der Waals surface area contributed by atoms with Crippen LogP contribution in [0, 0.1) is 5.41 Å². The average molecular weight is 291 g/mol. The van der Waals surface area contributed by atoms with Gasteiger partial charge in [-0.05, 0) is 45.0 Å². The standard InChI is InChI=1S/C16H25N3O2/c1-4-19(5-2)13-8-6-12(7-9-13)18-15(20)16(3)11-21-10-14(16)17/h6-9,14H,4-5,10-11,17H2,1-3H3,(H,18,20). The molecule has 1 saturated heterocycles. The molecule has 1 aliphatic heterocycles. The Balaban J connectivity index is 2.05. The molecular formula is C16H25N3O2. The topological polar surface area (TPSA) is 67.6 Å². The number of hydrogen-bond acceptors (Lipinski definition) is 4. The first-order valence-corrected chi connectivity index (χ1v) is 7.51. The largest absolute Gasteiger partial charge is 0.379 e. The Bertz CT molecular complexity index is 485. The zero-order valence-electron chi connectivity index (χ0n) is 13.1. The van der Waals surface area contributed by atoms with E-state index < -0.39 is 5.41 Å². The van der Waals surface area contributed by atoms with Gasteiger partial charge in [-0.2, -0.15) is 0 Å². The predicted molar refractivity (Wildman–Crippen MR) is 85.5 cm³/mol. The molecule has 21 heavy (non-hydrogen) atoms. The number of nitrogens with two attached hydrogens (primary N) is 1. The Morgan fingerprint density at radius 1 is 1.38 bits per heavy atom. The summed E-state index contributed by atoms with van der Waals surface area (Å²) in [5.74, 6) is -0.0805. The van der Waals surface area contributed by atoms with Crippen molar-refractivity contribution in [1.82, 2.24) is 0 Å². The lowest BCUT2D eigenvalue weighted by atomic mass is 9.85. The lowest BCUT2D eigenvalue weighted by Gasteiger charge is -2.26. The van der Waals surface area contributed by atoms with Crippen molar-refractivity contribution < 1.29 is 9.53 Å². The van der Waals surface area contributed by atoms with Crippen molar-refractivity contribution in [3.63, 3.8) is 0 Å². The summed E-state index contributed by atoms with van der Waals surface area (Å²) in [6, 6.07) is 7.64. The monoisotopic (exact) mass is 291 g/mol. The third kappa shape index (κ3) is 3.19. The molecule has 0 aliphatic carbocycles. The van der Waals surface area contributed by atoms with Crippen molar-refractivity contribution in [2.24, 2.45) is 11.1 Å². The maximum absolute atomic E-state index is 12.4. The van der Waals surface area contributed by atoms with Crippen LogP contribution in [0.5, 0.6) is 0 Å². The Hall–Kier alpha value is -1.59. The molecule has 5 nitrogen and oxygen atoms in total. The van der Waals surface area contributed by atoms with E-state index >= 15 is 0 Å². The third-order valence-electron chi connectivity index (χ3n) is 4.29. The van der Waals surface area contributed by atoms with Gasteiger partial charge in [-0.1, -0.05) is 0 Å². The Morgan fingerprint density at radius 2 is 2.00 bits per heavy atom. The number of amides is 1. The zero-order chi connectivity index (χ0) is 15.5. The molecule has 1 amide bonds. The second-order valence-corrected chi connectivity index (χ2v) is 5.71. The van der Waals surface area contributed by atoms with Crippen molar-refractivity contribution in [3.8, 4) is 0 Å². The summed E-state index contributed by atoms with van der Waals surface area (Å²) in [5.41, 5.74) is 7.27. The highest BCUT2D eigenvalue weighted by molar-refractivity contribution is 5.96. The minimum absolute atomic E-state index is 0.0805. The molecule has 3 N–H and O–H groups in total. The van der Waals surface area contributed by atoms with E-state index in [1.165, 1.54) is 0 Å². The first kappa shape index (κ1) is 15.8. The van der Waals surface area contributed by atoms with E-state index in [0.717, 1.165) is 24.5 Å². The third-order valence-corrected chi connectivity index (χ3v) is 4.29. The van der Waals surface area contributed by atoms with Gasteiger partial charge in [0.15, 0.2) is 0 Å². The van der Waals surface area contributed by atoms with Gasteiger partial charge in [-0.3, -0.25) is 4.79 Å². The highest BCUT2D eigenvalue weighted by Crippen LogP contribution is 2.29. The molecule has 1 heterocycles. The number of anilines is 2. The van der Waals surface area contributed by atoms with Crippen molar-refractivity contribution in [3.05, 3.63) is 24.3 Å². The molecule has 2 rings (SSSR count). The van der Waals surface area contributed by atoms with Crippen molar-refractivity contribution in [1.29, 1.82) is 0 Å². The molecule has 1 aromatic rings. The quantitative estimate of drug-likeness (QED) is 0.868. The summed E-state index contributed by atoms with van der Waals surface area (Å²) in [6.07, 6.45) is 0. The maximum atomic E-state index is 12.4. The van der Waals surface area contributed by atoms with E-state index in [0.29, 0.717) is 13.2 Å². The predicted octanol–water partition coefficient (Wildman–Crippen LogP) is 1.84. The van der Waals surface area contributed by atoms with Gasteiger partial charge in [0.1, 0.15) is 0 Å². The number of ether oxygens (including phenoxy) is 1. The summed E-state index contributed by atoms with van der Waals surface area (Å²) in [4.78, 5) is 14.7. The molecule has 0 aromatic heterocycles. The summed E-state index contributed by atoms with van der Waals surface area (Å²) >= 11 is 0. The number of carbonyl (C=O) groups excluding carboxylic acids is 1. The van der Waals surface area contributed by atoms with Crippen LogP contribution < -0.4 is 16.0 Å². The molecule has 1 fully saturated rings. The van der Waals surface area contributed by atoms with Gasteiger partial charge in [0, 0.05) is 30.5 Å². The minimum atomic E-state index is -0.655. The minimum Gasteiger partial charge on any atom is -0.379 e. The molecule has 0 radical (unpaired) electrons. The van der Waals surface area contributed by atoms with Crippen LogP contribution in [0.1, 0.15) is 20.8 Å². The second kappa shape index (κ2) is 6.45.